The van der Waals surface area contributed by atoms with Gasteiger partial charge in [0.05, 0.1) is 29.6 Å². The van der Waals surface area contributed by atoms with Crippen molar-refractivity contribution < 1.29 is 27.5 Å². The van der Waals surface area contributed by atoms with E-state index in [4.69, 9.17) is 21.1 Å². The molecule has 0 heterocycles. The number of hydrogen-bond donors (Lipinski definition) is 2. The zero-order valence-electron chi connectivity index (χ0n) is 23.4. The zero-order valence-corrected chi connectivity index (χ0v) is 24.9. The Hall–Kier alpha value is -4.87. The van der Waals surface area contributed by atoms with E-state index in [1.807, 2.05) is 6.92 Å². The fourth-order valence-electron chi connectivity index (χ4n) is 3.86. The van der Waals surface area contributed by atoms with E-state index in [0.29, 0.717) is 27.8 Å². The maximum absolute atomic E-state index is 13.5. The molecule has 0 spiro atoms. The van der Waals surface area contributed by atoms with Crippen molar-refractivity contribution in [2.75, 3.05) is 29.9 Å². The predicted molar refractivity (Wildman–Crippen MR) is 166 cm³/mol. The Morgan fingerprint density at radius 2 is 1.65 bits per heavy atom. The Balaban J connectivity index is 1.35. The van der Waals surface area contributed by atoms with E-state index < -0.39 is 22.5 Å². The number of amides is 2. The first kappa shape index (κ1) is 31.1. The molecule has 4 aromatic carbocycles. The number of benzene rings is 4. The smallest absolute Gasteiger partial charge is 0.264 e. The normalized spacial score (nSPS) is 11.1. The molecule has 0 fully saturated rings. The summed E-state index contributed by atoms with van der Waals surface area (Å²) in [5, 5.41) is 7.00. The topological polar surface area (TPSA) is 126 Å². The summed E-state index contributed by atoms with van der Waals surface area (Å²) in [6.45, 7) is 1.11. The van der Waals surface area contributed by atoms with Gasteiger partial charge < -0.3 is 14.8 Å². The average molecular weight is 621 g/mol. The van der Waals surface area contributed by atoms with Crippen LogP contribution in [-0.4, -0.2) is 46.7 Å². The lowest BCUT2D eigenvalue weighted by molar-refractivity contribution is -0.119. The van der Waals surface area contributed by atoms with Crippen LogP contribution in [0, 0.1) is 6.92 Å². The third-order valence-corrected chi connectivity index (χ3v) is 8.05. The van der Waals surface area contributed by atoms with E-state index in [1.165, 1.54) is 31.5 Å². The van der Waals surface area contributed by atoms with Gasteiger partial charge in [-0.2, -0.15) is 5.10 Å². The van der Waals surface area contributed by atoms with E-state index in [1.54, 1.807) is 78.9 Å². The Bertz CT molecular complexity index is 1710. The highest BCUT2D eigenvalue weighted by atomic mass is 35.5. The van der Waals surface area contributed by atoms with Gasteiger partial charge in [0.1, 0.15) is 18.0 Å². The number of carbonyl (C=O) groups is 2. The predicted octanol–water partition coefficient (Wildman–Crippen LogP) is 5.02. The Morgan fingerprint density at radius 3 is 2.35 bits per heavy atom. The van der Waals surface area contributed by atoms with Crippen molar-refractivity contribution in [3.05, 3.63) is 113 Å². The first-order valence-electron chi connectivity index (χ1n) is 13.0. The Morgan fingerprint density at radius 1 is 0.930 bits per heavy atom. The summed E-state index contributed by atoms with van der Waals surface area (Å²) >= 11 is 6.11. The summed E-state index contributed by atoms with van der Waals surface area (Å²) in [5.41, 5.74) is 4.66. The number of rotatable bonds is 12. The van der Waals surface area contributed by atoms with Gasteiger partial charge in [0.15, 0.2) is 6.61 Å². The van der Waals surface area contributed by atoms with Crippen LogP contribution in [0.4, 0.5) is 11.4 Å². The summed E-state index contributed by atoms with van der Waals surface area (Å²) in [6, 6.07) is 26.3. The molecule has 222 valence electrons. The number of hydrogen-bond acceptors (Lipinski definition) is 7. The molecule has 0 aliphatic heterocycles. The van der Waals surface area contributed by atoms with Crippen LogP contribution in [0.2, 0.25) is 5.02 Å². The van der Waals surface area contributed by atoms with E-state index in [-0.39, 0.29) is 23.1 Å². The number of sulfonamides is 1. The van der Waals surface area contributed by atoms with Gasteiger partial charge in [0.2, 0.25) is 0 Å². The molecule has 2 amide bonds. The highest BCUT2D eigenvalue weighted by Crippen LogP contribution is 2.26. The first-order valence-corrected chi connectivity index (χ1v) is 14.8. The lowest BCUT2D eigenvalue weighted by Gasteiger charge is -2.24. The van der Waals surface area contributed by atoms with Crippen LogP contribution in [0.5, 0.6) is 11.5 Å². The van der Waals surface area contributed by atoms with Gasteiger partial charge >= 0.3 is 0 Å². The molecular weight excluding hydrogens is 592 g/mol. The second kappa shape index (κ2) is 14.3. The minimum Gasteiger partial charge on any atom is -0.495 e. The van der Waals surface area contributed by atoms with Gasteiger partial charge in [0.25, 0.3) is 21.8 Å². The number of halogens is 1. The van der Waals surface area contributed by atoms with Gasteiger partial charge in [-0.15, -0.1) is 0 Å². The third-order valence-electron chi connectivity index (χ3n) is 6.03. The van der Waals surface area contributed by atoms with Crippen LogP contribution in [0.15, 0.2) is 107 Å². The largest absolute Gasteiger partial charge is 0.495 e. The molecule has 4 aromatic rings. The maximum atomic E-state index is 13.5. The van der Waals surface area contributed by atoms with Crippen molar-refractivity contribution in [3.8, 4) is 11.5 Å². The van der Waals surface area contributed by atoms with Crippen LogP contribution in [0.25, 0.3) is 0 Å². The highest BCUT2D eigenvalue weighted by molar-refractivity contribution is 7.92. The summed E-state index contributed by atoms with van der Waals surface area (Å²) < 4.78 is 38.7. The SMILES string of the molecule is COc1ccccc1NC(=O)COc1ccc(/C=N\NC(=O)CN(c2cccc(Cl)c2)S(=O)(=O)c2ccc(C)cc2)cc1. The number of nitrogens with one attached hydrogen (secondary N) is 2. The molecule has 2 N–H and O–H groups in total. The van der Waals surface area contributed by atoms with Crippen LogP contribution in [0.1, 0.15) is 11.1 Å². The van der Waals surface area contributed by atoms with Gasteiger partial charge in [-0.25, -0.2) is 13.8 Å². The number of methoxy groups -OCH3 is 1. The molecule has 0 aliphatic rings. The second-order valence-corrected chi connectivity index (χ2v) is 11.5. The molecule has 0 unspecified atom stereocenters. The highest BCUT2D eigenvalue weighted by Gasteiger charge is 2.27. The fourth-order valence-corrected chi connectivity index (χ4v) is 5.46. The molecule has 0 saturated heterocycles. The summed E-state index contributed by atoms with van der Waals surface area (Å²) in [5.74, 6) is -0.0199. The number of ether oxygens (including phenoxy) is 2. The van der Waals surface area contributed by atoms with E-state index in [2.05, 4.69) is 15.8 Å². The van der Waals surface area contributed by atoms with Crippen LogP contribution in [0.3, 0.4) is 0 Å². The summed E-state index contributed by atoms with van der Waals surface area (Å²) in [6.07, 6.45) is 1.40. The lowest BCUT2D eigenvalue weighted by Crippen LogP contribution is -2.39. The molecule has 0 radical (unpaired) electrons. The molecule has 0 atom stereocenters. The minimum atomic E-state index is -4.08. The van der Waals surface area contributed by atoms with E-state index >= 15 is 0 Å². The van der Waals surface area contributed by atoms with Crippen molar-refractivity contribution in [3.63, 3.8) is 0 Å². The fraction of sp³-hybridized carbons (Fsp3) is 0.129. The molecule has 12 heteroatoms. The van der Waals surface area contributed by atoms with Crippen molar-refractivity contribution in [2.45, 2.75) is 11.8 Å². The second-order valence-electron chi connectivity index (χ2n) is 9.20. The maximum Gasteiger partial charge on any atom is 0.264 e. The molecule has 10 nitrogen and oxygen atoms in total. The molecule has 43 heavy (non-hydrogen) atoms. The molecule has 4 rings (SSSR count). The standard InChI is InChI=1S/C31H29ClN4O6S/c1-22-10-16-27(17-11-22)43(39,40)36(25-7-5-6-24(32)18-25)20-30(37)35-33-19-23-12-14-26(15-13-23)42-21-31(38)34-28-8-3-4-9-29(28)41-2/h3-19H,20-21H2,1-2H3,(H,34,38)(H,35,37)/b33-19-. The number of nitrogens with zero attached hydrogens (tertiary/aromatic N) is 2. The number of aryl methyl sites for hydroxylation is 1. The van der Waals surface area contributed by atoms with Crippen LogP contribution >= 0.6 is 11.6 Å². The summed E-state index contributed by atoms with van der Waals surface area (Å²) in [7, 11) is -2.57. The van der Waals surface area contributed by atoms with Gasteiger partial charge in [-0.05, 0) is 79.2 Å². The summed E-state index contributed by atoms with van der Waals surface area (Å²) in [4.78, 5) is 25.1. The van der Waals surface area contributed by atoms with Gasteiger partial charge in [-0.1, -0.05) is 47.5 Å². The zero-order chi connectivity index (χ0) is 30.8. The molecule has 0 aliphatic carbocycles. The minimum absolute atomic E-state index is 0.0361. The number of para-hydroxylation sites is 2. The number of anilines is 2. The molecular formula is C31H29ClN4O6S. The number of hydrazone groups is 1. The quantitative estimate of drug-likeness (QED) is 0.169. The van der Waals surface area contributed by atoms with Gasteiger partial charge in [0, 0.05) is 5.02 Å². The molecule has 0 saturated carbocycles. The number of carbonyl (C=O) groups excluding carboxylic acids is 2. The van der Waals surface area contributed by atoms with Crippen molar-refractivity contribution >= 4 is 51.0 Å². The van der Waals surface area contributed by atoms with E-state index in [9.17, 15) is 18.0 Å². The van der Waals surface area contributed by atoms with Crippen LogP contribution < -0.4 is 24.5 Å². The lowest BCUT2D eigenvalue weighted by atomic mass is 10.2. The molecule has 0 bridgehead atoms. The third kappa shape index (κ3) is 8.57. The van der Waals surface area contributed by atoms with E-state index in [0.717, 1.165) is 9.87 Å². The van der Waals surface area contributed by atoms with Crippen molar-refractivity contribution in [1.82, 2.24) is 5.43 Å². The molecule has 0 aromatic heterocycles. The average Bonchev–Trinajstić information content (AvgIpc) is 3.00. The first-order chi connectivity index (χ1) is 20.7. The van der Waals surface area contributed by atoms with Crippen molar-refractivity contribution in [1.29, 1.82) is 0 Å². The Kier molecular flexibility index (Phi) is 10.4. The van der Waals surface area contributed by atoms with Gasteiger partial charge in [-0.3, -0.25) is 13.9 Å². The monoisotopic (exact) mass is 620 g/mol. The van der Waals surface area contributed by atoms with Crippen molar-refractivity contribution in [2.24, 2.45) is 5.10 Å². The van der Waals surface area contributed by atoms with Crippen LogP contribution in [-0.2, 0) is 19.6 Å². The Labute approximate surface area is 254 Å².